The molecular weight excluding hydrogens is 390 g/mol. The third kappa shape index (κ3) is 3.99. The lowest BCUT2D eigenvalue weighted by Crippen LogP contribution is -2.40. The molecule has 1 aromatic carbocycles. The lowest BCUT2D eigenvalue weighted by atomic mass is 9.96. The molecule has 0 aliphatic carbocycles. The highest BCUT2D eigenvalue weighted by Crippen LogP contribution is 2.22. The van der Waals surface area contributed by atoms with Gasteiger partial charge in [-0.05, 0) is 54.5 Å². The first kappa shape index (κ1) is 19.2. The van der Waals surface area contributed by atoms with Gasteiger partial charge in [0.15, 0.2) is 0 Å². The molecule has 1 saturated heterocycles. The highest BCUT2D eigenvalue weighted by atomic mass is 16.2. The van der Waals surface area contributed by atoms with Crippen molar-refractivity contribution >= 4 is 16.8 Å². The molecule has 1 aliphatic rings. The normalized spacial score (nSPS) is 14.8. The van der Waals surface area contributed by atoms with Gasteiger partial charge in [0.1, 0.15) is 0 Å². The first-order valence-corrected chi connectivity index (χ1v) is 10.5. The van der Waals surface area contributed by atoms with Gasteiger partial charge in [-0.25, -0.2) is 4.98 Å². The molecule has 5 rings (SSSR count). The van der Waals surface area contributed by atoms with Crippen molar-refractivity contribution in [3.63, 3.8) is 0 Å². The van der Waals surface area contributed by atoms with E-state index in [4.69, 9.17) is 0 Å². The van der Waals surface area contributed by atoms with Crippen LogP contribution in [0, 0.1) is 5.92 Å². The van der Waals surface area contributed by atoms with E-state index >= 15 is 0 Å². The molecule has 0 saturated carbocycles. The fourth-order valence-electron chi connectivity index (χ4n) is 4.20. The molecule has 7 heteroatoms. The molecule has 156 valence electrons. The summed E-state index contributed by atoms with van der Waals surface area (Å²) in [6, 6.07) is 13.0. The minimum absolute atomic E-state index is 0.0560. The fraction of sp³-hybridized carbons (Fsp3) is 0.250. The summed E-state index contributed by atoms with van der Waals surface area (Å²) >= 11 is 0. The smallest absolute Gasteiger partial charge is 0.253 e. The summed E-state index contributed by atoms with van der Waals surface area (Å²) < 4.78 is 1.67. The molecule has 0 radical (unpaired) electrons. The number of aromatic amines is 1. The Balaban J connectivity index is 1.22. The van der Waals surface area contributed by atoms with E-state index in [-0.39, 0.29) is 11.5 Å². The molecule has 1 aliphatic heterocycles. The molecule has 7 nitrogen and oxygen atoms in total. The SMILES string of the molecule is O=C(c1ccc2cc[nH]c2c1)N1CCC(Cn2cnc(-c3ccncc3)cc2=O)CC1. The zero-order chi connectivity index (χ0) is 21.2. The number of nitrogens with one attached hydrogen (secondary N) is 1. The van der Waals surface area contributed by atoms with Crippen LogP contribution in [0.4, 0.5) is 0 Å². The van der Waals surface area contributed by atoms with E-state index in [2.05, 4.69) is 15.0 Å². The number of hydrogen-bond donors (Lipinski definition) is 1. The maximum atomic E-state index is 12.9. The van der Waals surface area contributed by atoms with Crippen LogP contribution in [0.15, 0.2) is 72.2 Å². The van der Waals surface area contributed by atoms with Crippen molar-refractivity contribution < 1.29 is 4.79 Å². The van der Waals surface area contributed by atoms with Gasteiger partial charge in [-0.2, -0.15) is 0 Å². The summed E-state index contributed by atoms with van der Waals surface area (Å²) in [7, 11) is 0. The number of aromatic nitrogens is 4. The first-order chi connectivity index (χ1) is 15.2. The number of rotatable bonds is 4. The van der Waals surface area contributed by atoms with Crippen LogP contribution in [0.2, 0.25) is 0 Å². The monoisotopic (exact) mass is 413 g/mol. The van der Waals surface area contributed by atoms with E-state index in [0.717, 1.165) is 29.3 Å². The Hall–Kier alpha value is -3.74. The molecule has 4 heterocycles. The molecule has 0 bridgehead atoms. The number of fused-ring (bicyclic) bond motifs is 1. The molecule has 31 heavy (non-hydrogen) atoms. The van der Waals surface area contributed by atoms with Crippen LogP contribution in [0.1, 0.15) is 23.2 Å². The van der Waals surface area contributed by atoms with Crippen molar-refractivity contribution in [3.05, 3.63) is 83.3 Å². The van der Waals surface area contributed by atoms with Gasteiger partial charge in [0.2, 0.25) is 0 Å². The van der Waals surface area contributed by atoms with Crippen molar-refractivity contribution in [2.75, 3.05) is 13.1 Å². The van der Waals surface area contributed by atoms with Crippen molar-refractivity contribution in [3.8, 4) is 11.3 Å². The van der Waals surface area contributed by atoms with E-state index in [0.29, 0.717) is 36.8 Å². The number of piperidine rings is 1. The number of hydrogen-bond acceptors (Lipinski definition) is 4. The molecule has 0 spiro atoms. The fourth-order valence-corrected chi connectivity index (χ4v) is 4.20. The van der Waals surface area contributed by atoms with Gasteiger partial charge < -0.3 is 9.88 Å². The summed E-state index contributed by atoms with van der Waals surface area (Å²) in [6.45, 7) is 2.02. The average Bonchev–Trinajstić information content (AvgIpc) is 3.29. The third-order valence-electron chi connectivity index (χ3n) is 6.01. The van der Waals surface area contributed by atoms with Gasteiger partial charge in [0.25, 0.3) is 11.5 Å². The van der Waals surface area contributed by atoms with Crippen LogP contribution in [-0.4, -0.2) is 43.4 Å². The van der Waals surface area contributed by atoms with Gasteiger partial charge in [-0.1, -0.05) is 6.07 Å². The predicted molar refractivity (Wildman–Crippen MR) is 119 cm³/mol. The average molecular weight is 413 g/mol. The lowest BCUT2D eigenvalue weighted by Gasteiger charge is -2.32. The summed E-state index contributed by atoms with van der Waals surface area (Å²) in [4.78, 5) is 39.0. The van der Waals surface area contributed by atoms with E-state index in [1.165, 1.54) is 0 Å². The zero-order valence-electron chi connectivity index (χ0n) is 17.1. The molecular formula is C24H23N5O2. The Morgan fingerprint density at radius 1 is 1.06 bits per heavy atom. The van der Waals surface area contributed by atoms with Crippen LogP contribution in [-0.2, 0) is 6.54 Å². The third-order valence-corrected chi connectivity index (χ3v) is 6.01. The Labute approximate surface area is 179 Å². The lowest BCUT2D eigenvalue weighted by molar-refractivity contribution is 0.0682. The first-order valence-electron chi connectivity index (χ1n) is 10.5. The molecule has 1 fully saturated rings. The zero-order valence-corrected chi connectivity index (χ0v) is 17.1. The summed E-state index contributed by atoms with van der Waals surface area (Å²) in [5.41, 5.74) is 3.16. The van der Waals surface area contributed by atoms with Crippen molar-refractivity contribution in [2.24, 2.45) is 5.92 Å². The van der Waals surface area contributed by atoms with E-state index in [9.17, 15) is 9.59 Å². The Morgan fingerprint density at radius 3 is 2.65 bits per heavy atom. The van der Waals surface area contributed by atoms with Crippen molar-refractivity contribution in [1.82, 2.24) is 24.4 Å². The standard InChI is InChI=1S/C24H23N5O2/c30-23-14-22(19-3-8-25-9-4-19)27-16-29(23)15-17-6-11-28(12-7-17)24(31)20-2-1-18-5-10-26-21(18)13-20/h1-5,8-10,13-14,16-17,26H,6-7,11-12,15H2. The largest absolute Gasteiger partial charge is 0.361 e. The van der Waals surface area contributed by atoms with Gasteiger partial charge in [0.05, 0.1) is 12.0 Å². The second-order valence-corrected chi connectivity index (χ2v) is 8.02. The number of H-pyrrole nitrogens is 1. The number of carbonyl (C=O) groups is 1. The Morgan fingerprint density at radius 2 is 1.87 bits per heavy atom. The highest BCUT2D eigenvalue weighted by Gasteiger charge is 2.24. The number of amides is 1. The Bertz CT molecular complexity index is 1270. The van der Waals surface area contributed by atoms with E-state index < -0.39 is 0 Å². The summed E-state index contributed by atoms with van der Waals surface area (Å²) in [5.74, 6) is 0.414. The van der Waals surface area contributed by atoms with E-state index in [1.807, 2.05) is 47.5 Å². The number of benzene rings is 1. The topological polar surface area (TPSA) is 83.9 Å². The van der Waals surface area contributed by atoms with E-state index in [1.54, 1.807) is 29.4 Å². The molecule has 1 N–H and O–H groups in total. The van der Waals surface area contributed by atoms with Gasteiger partial charge >= 0.3 is 0 Å². The molecule has 1 amide bonds. The highest BCUT2D eigenvalue weighted by molar-refractivity contribution is 5.98. The van der Waals surface area contributed by atoms with Crippen LogP contribution >= 0.6 is 0 Å². The second kappa shape index (κ2) is 8.18. The number of nitrogens with zero attached hydrogens (tertiary/aromatic N) is 4. The number of likely N-dealkylation sites (tertiary alicyclic amines) is 1. The van der Waals surface area contributed by atoms with Gasteiger partial charge in [0, 0.05) is 60.9 Å². The quantitative estimate of drug-likeness (QED) is 0.556. The molecule has 4 aromatic rings. The predicted octanol–water partition coefficient (Wildman–Crippen LogP) is 3.34. The minimum atomic E-state index is -0.0560. The van der Waals surface area contributed by atoms with Gasteiger partial charge in [-0.15, -0.1) is 0 Å². The molecule has 0 unspecified atom stereocenters. The Kier molecular flexibility index (Phi) is 5.08. The van der Waals surface area contributed by atoms with Crippen LogP contribution in [0.3, 0.4) is 0 Å². The summed E-state index contributed by atoms with van der Waals surface area (Å²) in [6.07, 6.45) is 8.62. The van der Waals surface area contributed by atoms with Crippen LogP contribution in [0.25, 0.3) is 22.2 Å². The van der Waals surface area contributed by atoms with Crippen LogP contribution < -0.4 is 5.56 Å². The molecule has 0 atom stereocenters. The van der Waals surface area contributed by atoms with Crippen molar-refractivity contribution in [2.45, 2.75) is 19.4 Å². The number of pyridine rings is 1. The van der Waals surface area contributed by atoms with Crippen molar-refractivity contribution in [1.29, 1.82) is 0 Å². The second-order valence-electron chi connectivity index (χ2n) is 8.02. The number of carbonyl (C=O) groups excluding carboxylic acids is 1. The van der Waals surface area contributed by atoms with Gasteiger partial charge in [-0.3, -0.25) is 19.1 Å². The maximum Gasteiger partial charge on any atom is 0.253 e. The van der Waals surface area contributed by atoms with Crippen LogP contribution in [0.5, 0.6) is 0 Å². The molecule has 3 aromatic heterocycles. The minimum Gasteiger partial charge on any atom is -0.361 e. The maximum absolute atomic E-state index is 12.9. The summed E-state index contributed by atoms with van der Waals surface area (Å²) in [5, 5.41) is 1.10.